The zero-order chi connectivity index (χ0) is 19.3. The van der Waals surface area contributed by atoms with Crippen LogP contribution in [-0.4, -0.2) is 36.0 Å². The van der Waals surface area contributed by atoms with Gasteiger partial charge in [-0.15, -0.1) is 24.0 Å². The highest BCUT2D eigenvalue weighted by Crippen LogP contribution is 2.20. The van der Waals surface area contributed by atoms with Gasteiger partial charge < -0.3 is 15.4 Å². The lowest BCUT2D eigenvalue weighted by Crippen LogP contribution is -2.37. The number of hydrogen-bond donors (Lipinski definition) is 2. The van der Waals surface area contributed by atoms with Gasteiger partial charge in [-0.25, -0.2) is 14.4 Å². The van der Waals surface area contributed by atoms with Crippen molar-refractivity contribution in [1.29, 1.82) is 0 Å². The van der Waals surface area contributed by atoms with Gasteiger partial charge in [0.05, 0.1) is 6.54 Å². The monoisotopic (exact) mass is 518 g/mol. The molecule has 1 aromatic heterocycles. The molecule has 0 aliphatic carbocycles. The lowest BCUT2D eigenvalue weighted by atomic mass is 10.3. The smallest absolute Gasteiger partial charge is 0.219 e. The first-order chi connectivity index (χ1) is 13.2. The normalized spacial score (nSPS) is 10.9. The van der Waals surface area contributed by atoms with E-state index in [1.165, 1.54) is 24.3 Å². The zero-order valence-corrected chi connectivity index (χ0v) is 19.4. The molecule has 0 saturated carbocycles. The Balaban J connectivity index is 0.00000392. The molecule has 0 aliphatic heterocycles. The lowest BCUT2D eigenvalue weighted by Gasteiger charge is -2.11. The number of pyridine rings is 1. The molecule has 0 atom stereocenters. The van der Waals surface area contributed by atoms with Crippen LogP contribution in [0.25, 0.3) is 0 Å². The van der Waals surface area contributed by atoms with Crippen LogP contribution in [0.5, 0.6) is 11.6 Å². The van der Waals surface area contributed by atoms with E-state index in [0.717, 1.165) is 31.0 Å². The minimum Gasteiger partial charge on any atom is -0.439 e. The Labute approximate surface area is 188 Å². The van der Waals surface area contributed by atoms with E-state index in [4.69, 9.17) is 4.74 Å². The van der Waals surface area contributed by atoms with E-state index < -0.39 is 0 Å². The van der Waals surface area contributed by atoms with Crippen molar-refractivity contribution in [3.05, 3.63) is 54.0 Å². The van der Waals surface area contributed by atoms with Crippen molar-refractivity contribution in [1.82, 2.24) is 15.6 Å². The summed E-state index contributed by atoms with van der Waals surface area (Å²) in [7, 11) is 0. The third kappa shape index (κ3) is 9.59. The molecule has 1 heterocycles. The molecule has 0 amide bonds. The highest BCUT2D eigenvalue weighted by atomic mass is 127. The summed E-state index contributed by atoms with van der Waals surface area (Å²) in [6, 6.07) is 9.67. The first kappa shape index (κ1) is 24.5. The molecule has 0 unspecified atom stereocenters. The van der Waals surface area contributed by atoms with Crippen molar-refractivity contribution < 1.29 is 9.13 Å². The second kappa shape index (κ2) is 14.4. The summed E-state index contributed by atoms with van der Waals surface area (Å²) in [6.45, 7) is 4.29. The maximum atomic E-state index is 13.2. The molecule has 154 valence electrons. The summed E-state index contributed by atoms with van der Waals surface area (Å²) in [5.74, 6) is 2.50. The first-order valence-electron chi connectivity index (χ1n) is 9.10. The quantitative estimate of drug-likeness (QED) is 0.204. The number of nitrogens with one attached hydrogen (secondary N) is 2. The molecular formula is C20H28FIN4OS. The molecule has 0 spiro atoms. The molecule has 28 heavy (non-hydrogen) atoms. The van der Waals surface area contributed by atoms with Gasteiger partial charge in [-0.05, 0) is 49.5 Å². The Morgan fingerprint density at radius 3 is 2.75 bits per heavy atom. The number of rotatable bonds is 10. The van der Waals surface area contributed by atoms with Gasteiger partial charge in [0, 0.05) is 31.4 Å². The highest BCUT2D eigenvalue weighted by molar-refractivity contribution is 14.0. The molecule has 0 radical (unpaired) electrons. The fourth-order valence-corrected chi connectivity index (χ4v) is 2.80. The zero-order valence-electron chi connectivity index (χ0n) is 16.3. The molecule has 0 bridgehead atoms. The Hall–Kier alpha value is -1.55. The molecule has 0 fully saturated rings. The molecule has 5 nitrogen and oxygen atoms in total. The average Bonchev–Trinajstić information content (AvgIpc) is 2.67. The van der Waals surface area contributed by atoms with Gasteiger partial charge in [-0.3, -0.25) is 0 Å². The topological polar surface area (TPSA) is 58.5 Å². The van der Waals surface area contributed by atoms with Crippen LogP contribution in [0.2, 0.25) is 0 Å². The van der Waals surface area contributed by atoms with Crippen molar-refractivity contribution in [3.63, 3.8) is 0 Å². The Morgan fingerprint density at radius 2 is 2.07 bits per heavy atom. The summed E-state index contributed by atoms with van der Waals surface area (Å²) in [5, 5.41) is 6.59. The van der Waals surface area contributed by atoms with E-state index in [1.807, 2.05) is 24.8 Å². The standard InChI is InChI=1S/C20H27FN4OS.HI/c1-3-22-20(23-11-4-5-12-27-2)25-15-16-9-10-19(24-14-16)26-18-8-6-7-17(21)13-18;/h6-10,13-14H,3-5,11-12,15H2,1-2H3,(H2,22,23,25);1H. The SMILES string of the molecule is CCNC(=NCc1ccc(Oc2cccc(F)c2)nc1)NCCCCSC.I. The summed E-state index contributed by atoms with van der Waals surface area (Å²) in [6.07, 6.45) is 6.17. The number of aromatic nitrogens is 1. The third-order valence-corrected chi connectivity index (χ3v) is 4.34. The van der Waals surface area contributed by atoms with Crippen molar-refractivity contribution >= 4 is 41.7 Å². The molecule has 0 aliphatic rings. The predicted octanol–water partition coefficient (Wildman–Crippen LogP) is 4.83. The van der Waals surface area contributed by atoms with Gasteiger partial charge in [0.25, 0.3) is 0 Å². The second-order valence-corrected chi connectivity index (χ2v) is 6.87. The van der Waals surface area contributed by atoms with Crippen molar-refractivity contribution in [3.8, 4) is 11.6 Å². The Bertz CT molecular complexity index is 716. The molecule has 8 heteroatoms. The number of ether oxygens (including phenoxy) is 1. The van der Waals surface area contributed by atoms with Crippen LogP contribution >= 0.6 is 35.7 Å². The molecule has 1 aromatic carbocycles. The maximum Gasteiger partial charge on any atom is 0.219 e. The summed E-state index contributed by atoms with van der Waals surface area (Å²) in [4.78, 5) is 8.85. The van der Waals surface area contributed by atoms with Crippen molar-refractivity contribution in [2.24, 2.45) is 4.99 Å². The summed E-state index contributed by atoms with van der Waals surface area (Å²) < 4.78 is 18.7. The van der Waals surface area contributed by atoms with Gasteiger partial charge in [0.2, 0.25) is 5.88 Å². The number of halogens is 2. The largest absolute Gasteiger partial charge is 0.439 e. The first-order valence-corrected chi connectivity index (χ1v) is 10.5. The van der Waals surface area contributed by atoms with E-state index in [9.17, 15) is 4.39 Å². The maximum absolute atomic E-state index is 13.2. The van der Waals surface area contributed by atoms with E-state index in [2.05, 4.69) is 26.9 Å². The number of unbranched alkanes of at least 4 members (excludes halogenated alkanes) is 1. The van der Waals surface area contributed by atoms with E-state index >= 15 is 0 Å². The van der Waals surface area contributed by atoms with Crippen LogP contribution in [0.3, 0.4) is 0 Å². The number of thioether (sulfide) groups is 1. The number of benzene rings is 1. The minimum atomic E-state index is -0.338. The predicted molar refractivity (Wildman–Crippen MR) is 127 cm³/mol. The van der Waals surface area contributed by atoms with E-state index in [0.29, 0.717) is 18.2 Å². The third-order valence-electron chi connectivity index (χ3n) is 3.65. The van der Waals surface area contributed by atoms with E-state index in [1.54, 1.807) is 24.4 Å². The lowest BCUT2D eigenvalue weighted by molar-refractivity contribution is 0.457. The molecule has 0 saturated heterocycles. The van der Waals surface area contributed by atoms with Crippen LogP contribution in [0, 0.1) is 5.82 Å². The van der Waals surface area contributed by atoms with Gasteiger partial charge in [0.15, 0.2) is 5.96 Å². The van der Waals surface area contributed by atoms with Gasteiger partial charge in [0.1, 0.15) is 11.6 Å². The Morgan fingerprint density at radius 1 is 1.21 bits per heavy atom. The number of hydrogen-bond acceptors (Lipinski definition) is 4. The fourth-order valence-electron chi connectivity index (χ4n) is 2.31. The molecular weight excluding hydrogens is 490 g/mol. The molecule has 2 N–H and O–H groups in total. The number of aliphatic imine (C=N–C) groups is 1. The van der Waals surface area contributed by atoms with Crippen LogP contribution in [0.1, 0.15) is 25.3 Å². The highest BCUT2D eigenvalue weighted by Gasteiger charge is 2.02. The summed E-state index contributed by atoms with van der Waals surface area (Å²) in [5.41, 5.74) is 0.973. The minimum absolute atomic E-state index is 0. The van der Waals surface area contributed by atoms with Crippen LogP contribution in [0.4, 0.5) is 4.39 Å². The van der Waals surface area contributed by atoms with Crippen molar-refractivity contribution in [2.75, 3.05) is 25.1 Å². The van der Waals surface area contributed by atoms with Gasteiger partial charge >= 0.3 is 0 Å². The van der Waals surface area contributed by atoms with Crippen LogP contribution in [-0.2, 0) is 6.54 Å². The number of nitrogens with zero attached hydrogens (tertiary/aromatic N) is 2. The van der Waals surface area contributed by atoms with Gasteiger partial charge in [-0.2, -0.15) is 11.8 Å². The number of guanidine groups is 1. The second-order valence-electron chi connectivity index (χ2n) is 5.89. The van der Waals surface area contributed by atoms with E-state index in [-0.39, 0.29) is 29.8 Å². The van der Waals surface area contributed by atoms with Crippen molar-refractivity contribution in [2.45, 2.75) is 26.3 Å². The molecule has 2 rings (SSSR count). The Kier molecular flexibility index (Phi) is 12.6. The van der Waals surface area contributed by atoms with Crippen LogP contribution < -0.4 is 15.4 Å². The van der Waals surface area contributed by atoms with Crippen LogP contribution in [0.15, 0.2) is 47.6 Å². The average molecular weight is 518 g/mol. The molecule has 2 aromatic rings. The fraction of sp³-hybridized carbons (Fsp3) is 0.400. The van der Waals surface area contributed by atoms with Gasteiger partial charge in [-0.1, -0.05) is 12.1 Å². The summed E-state index contributed by atoms with van der Waals surface area (Å²) >= 11 is 1.87.